The van der Waals surface area contributed by atoms with Crippen LogP contribution in [-0.4, -0.2) is 31.1 Å². The van der Waals surface area contributed by atoms with E-state index in [1.165, 1.54) is 18.2 Å². The summed E-state index contributed by atoms with van der Waals surface area (Å²) in [6.07, 6.45) is 0. The zero-order valence-electron chi connectivity index (χ0n) is 15.8. The van der Waals surface area contributed by atoms with Gasteiger partial charge in [-0.05, 0) is 42.0 Å². The van der Waals surface area contributed by atoms with Crippen molar-refractivity contribution in [2.24, 2.45) is 0 Å². The van der Waals surface area contributed by atoms with Gasteiger partial charge in [0.15, 0.2) is 0 Å². The van der Waals surface area contributed by atoms with E-state index in [4.69, 9.17) is 4.74 Å². The molecule has 0 aromatic heterocycles. The van der Waals surface area contributed by atoms with Gasteiger partial charge in [-0.3, -0.25) is 9.59 Å². The molecule has 0 bridgehead atoms. The largest absolute Gasteiger partial charge is 0.489 e. The number of amides is 2. The number of hydrogen-bond donors (Lipinski definition) is 1. The van der Waals surface area contributed by atoms with Gasteiger partial charge in [0, 0.05) is 5.69 Å². The van der Waals surface area contributed by atoms with Gasteiger partial charge in [0.1, 0.15) is 23.8 Å². The lowest BCUT2D eigenvalue weighted by Gasteiger charge is -2.15. The first-order chi connectivity index (χ1) is 14.4. The Kier molecular flexibility index (Phi) is 5.24. The van der Waals surface area contributed by atoms with E-state index in [9.17, 15) is 18.0 Å². The van der Waals surface area contributed by atoms with Gasteiger partial charge in [-0.15, -0.1) is 0 Å². The molecule has 0 atom stereocenters. The lowest BCUT2D eigenvalue weighted by molar-refractivity contribution is -0.116. The number of carbonyl (C=O) groups excluding carboxylic acids is 2. The molecule has 4 rings (SSSR count). The second-order valence-electron chi connectivity index (χ2n) is 6.66. The number of nitrogens with zero attached hydrogens (tertiary/aromatic N) is 1. The number of sulfonamides is 1. The van der Waals surface area contributed by atoms with E-state index in [1.54, 1.807) is 30.3 Å². The second-order valence-corrected chi connectivity index (χ2v) is 8.49. The van der Waals surface area contributed by atoms with Gasteiger partial charge in [-0.25, -0.2) is 12.7 Å². The first kappa shape index (κ1) is 19.7. The predicted octanol–water partition coefficient (Wildman–Crippen LogP) is 3.05. The van der Waals surface area contributed by atoms with Gasteiger partial charge >= 0.3 is 0 Å². The maximum absolute atomic E-state index is 12.5. The minimum atomic E-state index is -4.02. The Morgan fingerprint density at radius 3 is 2.27 bits per heavy atom. The van der Waals surface area contributed by atoms with E-state index in [0.717, 1.165) is 5.56 Å². The molecule has 0 aliphatic carbocycles. The number of hydrogen-bond acceptors (Lipinski definition) is 5. The average Bonchev–Trinajstić information content (AvgIpc) is 2.95. The summed E-state index contributed by atoms with van der Waals surface area (Å²) in [5.74, 6) is -0.687. The van der Waals surface area contributed by atoms with E-state index in [-0.39, 0.29) is 10.5 Å². The molecule has 2 amide bonds. The van der Waals surface area contributed by atoms with Gasteiger partial charge in [-0.1, -0.05) is 42.5 Å². The van der Waals surface area contributed by atoms with Crippen LogP contribution in [-0.2, 0) is 21.4 Å². The standard InChI is InChI=1S/C22H18N2O5S/c25-21(14-24-22(26)19-8-4-5-9-20(19)30(24,27)28)23-17-10-12-18(13-11-17)29-15-16-6-2-1-3-7-16/h1-13H,14-15H2,(H,23,25). The van der Waals surface area contributed by atoms with Crippen LogP contribution in [0.3, 0.4) is 0 Å². The first-order valence-corrected chi connectivity index (χ1v) is 10.6. The number of anilines is 1. The third kappa shape index (κ3) is 3.90. The highest BCUT2D eigenvalue weighted by molar-refractivity contribution is 7.90. The van der Waals surface area contributed by atoms with Gasteiger partial charge in [0.05, 0.1) is 5.56 Å². The molecule has 0 saturated carbocycles. The lowest BCUT2D eigenvalue weighted by atomic mass is 10.2. The molecule has 8 heteroatoms. The van der Waals surface area contributed by atoms with E-state index < -0.39 is 28.4 Å². The molecule has 1 heterocycles. The Balaban J connectivity index is 1.37. The molecule has 3 aromatic rings. The normalized spacial score (nSPS) is 14.3. The Labute approximate surface area is 174 Å². The molecular formula is C22H18N2O5S. The molecule has 30 heavy (non-hydrogen) atoms. The lowest BCUT2D eigenvalue weighted by Crippen LogP contribution is -2.37. The summed E-state index contributed by atoms with van der Waals surface area (Å²) in [6, 6.07) is 22.3. The second kappa shape index (κ2) is 8.00. The monoisotopic (exact) mass is 422 g/mol. The van der Waals surface area contributed by atoms with Crippen molar-refractivity contribution in [2.75, 3.05) is 11.9 Å². The Morgan fingerprint density at radius 2 is 1.57 bits per heavy atom. The number of rotatable bonds is 6. The van der Waals surface area contributed by atoms with Gasteiger partial charge in [-0.2, -0.15) is 0 Å². The summed E-state index contributed by atoms with van der Waals surface area (Å²) in [7, 11) is -4.02. The van der Waals surface area contributed by atoms with Crippen LogP contribution in [0.4, 0.5) is 5.69 Å². The molecular weight excluding hydrogens is 404 g/mol. The third-order valence-electron chi connectivity index (χ3n) is 4.59. The van der Waals surface area contributed by atoms with Crippen molar-refractivity contribution in [1.29, 1.82) is 0 Å². The summed E-state index contributed by atoms with van der Waals surface area (Å²) in [4.78, 5) is 24.7. The van der Waals surface area contributed by atoms with E-state index in [2.05, 4.69) is 5.32 Å². The fourth-order valence-corrected chi connectivity index (χ4v) is 4.62. The van der Waals surface area contributed by atoms with Crippen molar-refractivity contribution in [1.82, 2.24) is 4.31 Å². The van der Waals surface area contributed by atoms with Crippen LogP contribution < -0.4 is 10.1 Å². The highest BCUT2D eigenvalue weighted by Gasteiger charge is 2.41. The summed E-state index contributed by atoms with van der Waals surface area (Å²) in [6.45, 7) is -0.176. The van der Waals surface area contributed by atoms with Crippen molar-refractivity contribution in [3.8, 4) is 5.75 Å². The fraction of sp³-hybridized carbons (Fsp3) is 0.0909. The van der Waals surface area contributed by atoms with Gasteiger partial charge in [0.25, 0.3) is 15.9 Å². The molecule has 1 N–H and O–H groups in total. The molecule has 1 aliphatic rings. The Hall–Kier alpha value is -3.65. The van der Waals surface area contributed by atoms with Crippen molar-refractivity contribution in [3.63, 3.8) is 0 Å². The van der Waals surface area contributed by atoms with Gasteiger partial charge < -0.3 is 10.1 Å². The SMILES string of the molecule is O=C(CN1C(=O)c2ccccc2S1(=O)=O)Nc1ccc(OCc2ccccc2)cc1. The van der Waals surface area contributed by atoms with Gasteiger partial charge in [0.2, 0.25) is 5.91 Å². The van der Waals surface area contributed by atoms with Crippen molar-refractivity contribution in [2.45, 2.75) is 11.5 Å². The van der Waals surface area contributed by atoms with Crippen LogP contribution in [0.1, 0.15) is 15.9 Å². The molecule has 0 unspecified atom stereocenters. The van der Waals surface area contributed by atoms with Crippen LogP contribution in [0.15, 0.2) is 83.8 Å². The number of nitrogens with one attached hydrogen (secondary N) is 1. The van der Waals surface area contributed by atoms with E-state index in [1.807, 2.05) is 30.3 Å². The maximum atomic E-state index is 12.5. The fourth-order valence-electron chi connectivity index (χ4n) is 3.09. The molecule has 0 saturated heterocycles. The highest BCUT2D eigenvalue weighted by atomic mass is 32.2. The van der Waals surface area contributed by atoms with E-state index in [0.29, 0.717) is 22.3 Å². The zero-order chi connectivity index (χ0) is 21.1. The quantitative estimate of drug-likeness (QED) is 0.659. The number of ether oxygens (including phenoxy) is 1. The van der Waals surface area contributed by atoms with Crippen molar-refractivity contribution >= 4 is 27.5 Å². The maximum Gasteiger partial charge on any atom is 0.269 e. The summed E-state index contributed by atoms with van der Waals surface area (Å²) in [5, 5.41) is 2.60. The van der Waals surface area contributed by atoms with Crippen molar-refractivity contribution < 1.29 is 22.7 Å². The number of fused-ring (bicyclic) bond motifs is 1. The number of carbonyl (C=O) groups is 2. The Morgan fingerprint density at radius 1 is 0.900 bits per heavy atom. The minimum Gasteiger partial charge on any atom is -0.489 e. The van der Waals surface area contributed by atoms with Crippen molar-refractivity contribution in [3.05, 3.63) is 90.0 Å². The van der Waals surface area contributed by atoms with Crippen LogP contribution in [0.5, 0.6) is 5.75 Å². The first-order valence-electron chi connectivity index (χ1n) is 9.18. The summed E-state index contributed by atoms with van der Waals surface area (Å²) in [5.41, 5.74) is 1.58. The third-order valence-corrected chi connectivity index (χ3v) is 6.37. The summed E-state index contributed by atoms with van der Waals surface area (Å²) >= 11 is 0. The molecule has 3 aromatic carbocycles. The number of benzene rings is 3. The molecule has 0 fully saturated rings. The molecule has 0 spiro atoms. The van der Waals surface area contributed by atoms with Crippen LogP contribution in [0.2, 0.25) is 0 Å². The smallest absolute Gasteiger partial charge is 0.269 e. The predicted molar refractivity (Wildman–Crippen MR) is 111 cm³/mol. The topological polar surface area (TPSA) is 92.8 Å². The average molecular weight is 422 g/mol. The van der Waals surface area contributed by atoms with Crippen LogP contribution in [0.25, 0.3) is 0 Å². The van der Waals surface area contributed by atoms with Crippen LogP contribution in [0, 0.1) is 0 Å². The minimum absolute atomic E-state index is 0.0743. The Bertz CT molecular complexity index is 1190. The molecule has 1 aliphatic heterocycles. The molecule has 0 radical (unpaired) electrons. The molecule has 7 nitrogen and oxygen atoms in total. The van der Waals surface area contributed by atoms with Crippen LogP contribution >= 0.6 is 0 Å². The summed E-state index contributed by atoms with van der Waals surface area (Å²) < 4.78 is 31.3. The zero-order valence-corrected chi connectivity index (χ0v) is 16.6. The van der Waals surface area contributed by atoms with E-state index >= 15 is 0 Å². The molecule has 152 valence electrons. The highest BCUT2D eigenvalue weighted by Crippen LogP contribution is 2.29.